The normalized spacial score (nSPS) is 22.8. The van der Waals surface area contributed by atoms with Gasteiger partial charge in [0.1, 0.15) is 0 Å². The number of rotatable bonds is 3. The lowest BCUT2D eigenvalue weighted by atomic mass is 9.79. The number of halogens is 1. The van der Waals surface area contributed by atoms with E-state index in [1.54, 1.807) is 6.07 Å². The van der Waals surface area contributed by atoms with Gasteiger partial charge in [0.05, 0.1) is 11.2 Å². The fraction of sp³-hybridized carbons (Fsp3) is 0.632. The van der Waals surface area contributed by atoms with Gasteiger partial charge in [0.15, 0.2) is 0 Å². The van der Waals surface area contributed by atoms with Crippen molar-refractivity contribution in [3.05, 3.63) is 23.2 Å². The van der Waals surface area contributed by atoms with Gasteiger partial charge in [0, 0.05) is 22.1 Å². The monoisotopic (exact) mass is 363 g/mol. The Morgan fingerprint density at radius 1 is 1.12 bits per heavy atom. The van der Waals surface area contributed by atoms with Crippen LogP contribution in [0.1, 0.15) is 59.8 Å². The highest BCUT2D eigenvalue weighted by atomic mass is 35.5. The summed E-state index contributed by atoms with van der Waals surface area (Å²) in [5.74, 6) is 0.217. The number of hydrogen-bond acceptors (Lipinski definition) is 3. The first kappa shape index (κ1) is 18.7. The Morgan fingerprint density at radius 2 is 1.72 bits per heavy atom. The molecule has 136 valence electrons. The smallest absolute Gasteiger partial charge is 0.399 e. The molecule has 1 N–H and O–H groups in total. The summed E-state index contributed by atoms with van der Waals surface area (Å²) in [6.07, 6.45) is 5.47. The Labute approximate surface area is 155 Å². The first-order valence-corrected chi connectivity index (χ1v) is 9.53. The first-order valence-electron chi connectivity index (χ1n) is 9.15. The van der Waals surface area contributed by atoms with Crippen molar-refractivity contribution in [3.8, 4) is 0 Å². The molecule has 4 nitrogen and oxygen atoms in total. The summed E-state index contributed by atoms with van der Waals surface area (Å²) in [7, 11) is -0.499. The average molecular weight is 364 g/mol. The maximum atomic E-state index is 12.4. The molecular weight excluding hydrogens is 336 g/mol. The SMILES string of the molecule is CC1(C)OB(c2ccc(NC(=O)C3CCCCC3)cc2Cl)OC1(C)C. The highest BCUT2D eigenvalue weighted by molar-refractivity contribution is 6.65. The van der Waals surface area contributed by atoms with E-state index in [9.17, 15) is 4.79 Å². The van der Waals surface area contributed by atoms with Gasteiger partial charge in [-0.15, -0.1) is 0 Å². The molecule has 2 aliphatic rings. The molecule has 1 saturated carbocycles. The van der Waals surface area contributed by atoms with E-state index in [1.807, 2.05) is 39.8 Å². The van der Waals surface area contributed by atoms with Crippen LogP contribution in [-0.2, 0) is 14.1 Å². The summed E-state index contributed by atoms with van der Waals surface area (Å²) in [6.45, 7) is 8.05. The van der Waals surface area contributed by atoms with Crippen LogP contribution in [0, 0.1) is 5.92 Å². The van der Waals surface area contributed by atoms with E-state index in [0.717, 1.165) is 36.8 Å². The molecule has 1 aliphatic heterocycles. The van der Waals surface area contributed by atoms with Crippen molar-refractivity contribution in [1.29, 1.82) is 0 Å². The Hall–Kier alpha value is -1.04. The summed E-state index contributed by atoms with van der Waals surface area (Å²) >= 11 is 6.45. The molecule has 1 saturated heterocycles. The van der Waals surface area contributed by atoms with Crippen molar-refractivity contribution in [1.82, 2.24) is 0 Å². The molecular formula is C19H27BClNO3. The second-order valence-electron chi connectivity index (χ2n) is 8.15. The van der Waals surface area contributed by atoms with Gasteiger partial charge < -0.3 is 14.6 Å². The number of nitrogens with one attached hydrogen (secondary N) is 1. The highest BCUT2D eigenvalue weighted by Crippen LogP contribution is 2.37. The van der Waals surface area contributed by atoms with Crippen LogP contribution in [-0.4, -0.2) is 24.2 Å². The zero-order valence-corrected chi connectivity index (χ0v) is 16.3. The Bertz CT molecular complexity index is 640. The molecule has 1 aromatic carbocycles. The number of benzene rings is 1. The van der Waals surface area contributed by atoms with Gasteiger partial charge in [0.2, 0.25) is 5.91 Å². The minimum absolute atomic E-state index is 0.0964. The summed E-state index contributed by atoms with van der Waals surface area (Å²) in [4.78, 5) is 12.4. The van der Waals surface area contributed by atoms with Crippen LogP contribution in [0.15, 0.2) is 18.2 Å². The molecule has 1 aromatic rings. The van der Waals surface area contributed by atoms with Crippen molar-refractivity contribution >= 4 is 35.8 Å². The van der Waals surface area contributed by atoms with Crippen molar-refractivity contribution in [2.75, 3.05) is 5.32 Å². The van der Waals surface area contributed by atoms with E-state index in [0.29, 0.717) is 5.02 Å². The molecule has 1 aliphatic carbocycles. The highest BCUT2D eigenvalue weighted by Gasteiger charge is 2.52. The third-order valence-electron chi connectivity index (χ3n) is 5.75. The molecule has 0 atom stereocenters. The lowest BCUT2D eigenvalue weighted by molar-refractivity contribution is -0.120. The molecule has 3 rings (SSSR count). The van der Waals surface area contributed by atoms with E-state index in [4.69, 9.17) is 20.9 Å². The van der Waals surface area contributed by atoms with Crippen LogP contribution in [0.25, 0.3) is 0 Å². The third kappa shape index (κ3) is 3.89. The summed E-state index contributed by atoms with van der Waals surface area (Å²) in [6, 6.07) is 5.52. The van der Waals surface area contributed by atoms with Gasteiger partial charge in [-0.2, -0.15) is 0 Å². The van der Waals surface area contributed by atoms with Gasteiger partial charge in [-0.3, -0.25) is 4.79 Å². The number of carbonyl (C=O) groups is 1. The maximum Gasteiger partial charge on any atom is 0.496 e. The van der Waals surface area contributed by atoms with Gasteiger partial charge >= 0.3 is 7.12 Å². The quantitative estimate of drug-likeness (QED) is 0.820. The fourth-order valence-electron chi connectivity index (χ4n) is 3.38. The molecule has 0 radical (unpaired) electrons. The van der Waals surface area contributed by atoms with Crippen LogP contribution in [0.3, 0.4) is 0 Å². The molecule has 0 unspecified atom stereocenters. The average Bonchev–Trinajstić information content (AvgIpc) is 2.76. The molecule has 25 heavy (non-hydrogen) atoms. The molecule has 1 heterocycles. The van der Waals surface area contributed by atoms with Crippen molar-refractivity contribution in [2.45, 2.75) is 71.0 Å². The van der Waals surface area contributed by atoms with Gasteiger partial charge in [-0.25, -0.2) is 0 Å². The molecule has 0 aromatic heterocycles. The lowest BCUT2D eigenvalue weighted by Gasteiger charge is -2.32. The zero-order chi connectivity index (χ0) is 18.2. The minimum atomic E-state index is -0.499. The van der Waals surface area contributed by atoms with Crippen LogP contribution in [0.4, 0.5) is 5.69 Å². The topological polar surface area (TPSA) is 47.6 Å². The number of amides is 1. The number of anilines is 1. The summed E-state index contributed by atoms with van der Waals surface area (Å²) in [5, 5.41) is 3.54. The first-order chi connectivity index (χ1) is 11.7. The molecule has 0 spiro atoms. The predicted molar refractivity (Wildman–Crippen MR) is 102 cm³/mol. The van der Waals surface area contributed by atoms with Gasteiger partial charge in [-0.1, -0.05) is 36.9 Å². The van der Waals surface area contributed by atoms with E-state index in [1.165, 1.54) is 6.42 Å². The third-order valence-corrected chi connectivity index (χ3v) is 6.08. The Kier molecular flexibility index (Phi) is 5.20. The van der Waals surface area contributed by atoms with E-state index < -0.39 is 18.3 Å². The van der Waals surface area contributed by atoms with Crippen molar-refractivity contribution < 1.29 is 14.1 Å². The maximum absolute atomic E-state index is 12.4. The van der Waals surface area contributed by atoms with Crippen molar-refractivity contribution in [3.63, 3.8) is 0 Å². The fourth-order valence-corrected chi connectivity index (χ4v) is 3.64. The molecule has 6 heteroatoms. The standard InChI is InChI=1S/C19H27BClNO3/c1-18(2)19(3,4)25-20(24-18)15-11-10-14(12-16(15)21)22-17(23)13-8-6-5-7-9-13/h10-13H,5-9H2,1-4H3,(H,22,23). The minimum Gasteiger partial charge on any atom is -0.399 e. The number of carbonyl (C=O) groups excluding carboxylic acids is 1. The van der Waals surface area contributed by atoms with Crippen LogP contribution in [0.5, 0.6) is 0 Å². The zero-order valence-electron chi connectivity index (χ0n) is 15.5. The summed E-state index contributed by atoms with van der Waals surface area (Å²) < 4.78 is 12.1. The van der Waals surface area contributed by atoms with Crippen LogP contribution in [0.2, 0.25) is 5.02 Å². The van der Waals surface area contributed by atoms with Crippen LogP contribution < -0.4 is 10.8 Å². The molecule has 0 bridgehead atoms. The largest absolute Gasteiger partial charge is 0.496 e. The summed E-state index contributed by atoms with van der Waals surface area (Å²) in [5.41, 5.74) is 0.695. The van der Waals surface area contributed by atoms with Gasteiger partial charge in [0.25, 0.3) is 0 Å². The van der Waals surface area contributed by atoms with E-state index in [-0.39, 0.29) is 11.8 Å². The van der Waals surface area contributed by atoms with E-state index in [2.05, 4.69) is 5.32 Å². The Balaban J connectivity index is 1.70. The van der Waals surface area contributed by atoms with Gasteiger partial charge in [-0.05, 0) is 52.7 Å². The van der Waals surface area contributed by atoms with Crippen LogP contribution >= 0.6 is 11.6 Å². The second-order valence-corrected chi connectivity index (χ2v) is 8.56. The second kappa shape index (κ2) is 6.94. The number of hydrogen-bond donors (Lipinski definition) is 1. The lowest BCUT2D eigenvalue weighted by Crippen LogP contribution is -2.41. The van der Waals surface area contributed by atoms with Crippen molar-refractivity contribution in [2.24, 2.45) is 5.92 Å². The predicted octanol–water partition coefficient (Wildman–Crippen LogP) is 4.16. The Morgan fingerprint density at radius 3 is 2.28 bits per heavy atom. The molecule has 2 fully saturated rings. The van der Waals surface area contributed by atoms with E-state index >= 15 is 0 Å². The molecule has 1 amide bonds.